The molecule has 2 N–H and O–H groups in total. The van der Waals surface area contributed by atoms with Crippen molar-refractivity contribution >= 4 is 34.2 Å². The summed E-state index contributed by atoms with van der Waals surface area (Å²) in [5.41, 5.74) is 0. The van der Waals surface area contributed by atoms with Crippen molar-refractivity contribution < 1.29 is 9.53 Å². The van der Waals surface area contributed by atoms with Crippen molar-refractivity contribution in [3.8, 4) is 5.75 Å². The Hall–Kier alpha value is -0.780. The zero-order valence-corrected chi connectivity index (χ0v) is 14.1. The van der Waals surface area contributed by atoms with Gasteiger partial charge in [-0.05, 0) is 44.2 Å². The number of nitrogens with one attached hydrogen (secondary N) is 2. The second-order valence-corrected chi connectivity index (χ2v) is 5.13. The van der Waals surface area contributed by atoms with E-state index < -0.39 is 0 Å². The summed E-state index contributed by atoms with van der Waals surface area (Å²) < 4.78 is 6.62. The number of hydrogen-bond donors (Lipinski definition) is 2. The number of likely N-dealkylation sites (N-methyl/N-ethyl adjacent to an activating group) is 1. The summed E-state index contributed by atoms with van der Waals surface area (Å²) in [4.78, 5) is 11.4. The van der Waals surface area contributed by atoms with E-state index >= 15 is 0 Å². The molecule has 1 aromatic carbocycles. The number of carbonyl (C=O) groups excluding carboxylic acids is 1. The van der Waals surface area contributed by atoms with Gasteiger partial charge in [0.25, 0.3) is 0 Å². The lowest BCUT2D eigenvalue weighted by atomic mass is 10.2. The molecular formula is C14H22BrClN2O2. The smallest absolute Gasteiger partial charge is 0.220 e. The minimum absolute atomic E-state index is 0. The summed E-state index contributed by atoms with van der Waals surface area (Å²) >= 11 is 3.38. The highest BCUT2D eigenvalue weighted by Gasteiger charge is 2.00. The van der Waals surface area contributed by atoms with Crippen LogP contribution in [0.2, 0.25) is 0 Å². The molecule has 0 bridgehead atoms. The minimum Gasteiger partial charge on any atom is -0.494 e. The first-order valence-electron chi connectivity index (χ1n) is 6.52. The molecule has 0 fully saturated rings. The highest BCUT2D eigenvalue weighted by Crippen LogP contribution is 2.16. The van der Waals surface area contributed by atoms with Gasteiger partial charge in [0.05, 0.1) is 6.61 Å². The first-order valence-corrected chi connectivity index (χ1v) is 7.31. The van der Waals surface area contributed by atoms with Gasteiger partial charge in [-0.3, -0.25) is 4.79 Å². The first-order chi connectivity index (χ1) is 9.22. The number of halogens is 2. The van der Waals surface area contributed by atoms with Crippen molar-refractivity contribution in [3.05, 3.63) is 28.7 Å². The predicted octanol–water partition coefficient (Wildman–Crippen LogP) is 2.76. The maximum Gasteiger partial charge on any atom is 0.220 e. The monoisotopic (exact) mass is 364 g/mol. The fraction of sp³-hybridized carbons (Fsp3) is 0.500. The van der Waals surface area contributed by atoms with Crippen LogP contribution in [0.5, 0.6) is 5.75 Å². The number of rotatable bonds is 9. The number of ether oxygens (including phenoxy) is 1. The minimum atomic E-state index is 0. The molecule has 0 unspecified atom stereocenters. The van der Waals surface area contributed by atoms with Crippen LogP contribution in [0.3, 0.4) is 0 Å². The van der Waals surface area contributed by atoms with Crippen LogP contribution >= 0.6 is 28.3 Å². The Morgan fingerprint density at radius 2 is 1.90 bits per heavy atom. The van der Waals surface area contributed by atoms with Gasteiger partial charge in [0.15, 0.2) is 0 Å². The van der Waals surface area contributed by atoms with E-state index in [1.54, 1.807) is 0 Å². The molecule has 20 heavy (non-hydrogen) atoms. The van der Waals surface area contributed by atoms with Gasteiger partial charge in [-0.15, -0.1) is 12.4 Å². The van der Waals surface area contributed by atoms with E-state index in [0.29, 0.717) is 19.6 Å². The summed E-state index contributed by atoms with van der Waals surface area (Å²) in [6.45, 7) is 2.13. The Morgan fingerprint density at radius 1 is 1.20 bits per heavy atom. The lowest BCUT2D eigenvalue weighted by Gasteiger charge is -2.07. The molecule has 0 radical (unpaired) electrons. The first kappa shape index (κ1) is 19.2. The van der Waals surface area contributed by atoms with Crippen LogP contribution in [-0.2, 0) is 4.79 Å². The molecule has 0 aliphatic heterocycles. The van der Waals surface area contributed by atoms with Crippen LogP contribution in [0.15, 0.2) is 28.7 Å². The topological polar surface area (TPSA) is 50.4 Å². The molecule has 0 heterocycles. The maximum absolute atomic E-state index is 11.4. The number of unbranched alkanes of at least 4 members (excludes halogenated alkanes) is 1. The summed E-state index contributed by atoms with van der Waals surface area (Å²) in [7, 11) is 1.87. The summed E-state index contributed by atoms with van der Waals surface area (Å²) in [5.74, 6) is 0.973. The van der Waals surface area contributed by atoms with E-state index in [1.807, 2.05) is 31.3 Å². The highest BCUT2D eigenvalue weighted by molar-refractivity contribution is 9.10. The molecule has 1 aromatic rings. The van der Waals surface area contributed by atoms with Gasteiger partial charge in [-0.25, -0.2) is 0 Å². The number of benzene rings is 1. The van der Waals surface area contributed by atoms with Crippen LogP contribution in [0.25, 0.3) is 0 Å². The predicted molar refractivity (Wildman–Crippen MR) is 87.7 cm³/mol. The third-order valence-corrected chi connectivity index (χ3v) is 3.11. The molecule has 114 valence electrons. The largest absolute Gasteiger partial charge is 0.494 e. The van der Waals surface area contributed by atoms with Crippen molar-refractivity contribution in [1.82, 2.24) is 10.6 Å². The van der Waals surface area contributed by atoms with Gasteiger partial charge >= 0.3 is 0 Å². The quantitative estimate of drug-likeness (QED) is 0.662. The maximum atomic E-state index is 11.4. The van der Waals surface area contributed by atoms with Gasteiger partial charge < -0.3 is 15.4 Å². The normalized spacial score (nSPS) is 9.70. The Bertz CT molecular complexity index is 374. The molecule has 1 amide bonds. The van der Waals surface area contributed by atoms with Crippen molar-refractivity contribution in [2.75, 3.05) is 26.7 Å². The molecule has 0 aliphatic rings. The van der Waals surface area contributed by atoms with E-state index in [9.17, 15) is 4.79 Å². The second-order valence-electron chi connectivity index (χ2n) is 4.21. The lowest BCUT2D eigenvalue weighted by Crippen LogP contribution is -2.30. The van der Waals surface area contributed by atoms with Crippen LogP contribution in [0, 0.1) is 0 Å². The van der Waals surface area contributed by atoms with Crippen LogP contribution in [-0.4, -0.2) is 32.7 Å². The molecule has 0 saturated heterocycles. The summed E-state index contributed by atoms with van der Waals surface area (Å²) in [6, 6.07) is 7.75. The zero-order valence-electron chi connectivity index (χ0n) is 11.7. The summed E-state index contributed by atoms with van der Waals surface area (Å²) in [6.07, 6.45) is 2.30. The Kier molecular flexibility index (Phi) is 11.5. The standard InChI is InChI=1S/C14H21BrN2O2.ClH/c1-16-9-10-17-14(18)4-2-3-11-19-13-7-5-12(15)6-8-13;/h5-8,16H,2-4,9-11H2,1H3,(H,17,18);1H. The van der Waals surface area contributed by atoms with Gasteiger partial charge in [-0.2, -0.15) is 0 Å². The van der Waals surface area contributed by atoms with E-state index in [-0.39, 0.29) is 18.3 Å². The van der Waals surface area contributed by atoms with Gasteiger partial charge in [0.2, 0.25) is 5.91 Å². The number of carbonyl (C=O) groups is 1. The van der Waals surface area contributed by atoms with Crippen molar-refractivity contribution in [1.29, 1.82) is 0 Å². The molecule has 0 aliphatic carbocycles. The third-order valence-electron chi connectivity index (χ3n) is 2.58. The Balaban J connectivity index is 0.00000361. The third kappa shape index (κ3) is 9.18. The molecule has 4 nitrogen and oxygen atoms in total. The molecule has 0 aromatic heterocycles. The lowest BCUT2D eigenvalue weighted by molar-refractivity contribution is -0.121. The molecule has 1 rings (SSSR count). The molecular weight excluding hydrogens is 344 g/mol. The summed E-state index contributed by atoms with van der Waals surface area (Å²) in [5, 5.41) is 5.83. The molecule has 0 atom stereocenters. The molecule has 0 spiro atoms. The average Bonchev–Trinajstić information content (AvgIpc) is 2.41. The zero-order chi connectivity index (χ0) is 13.9. The Labute approximate surface area is 135 Å². The van der Waals surface area contributed by atoms with Gasteiger partial charge in [0, 0.05) is 24.0 Å². The van der Waals surface area contributed by atoms with Crippen LogP contribution in [0.4, 0.5) is 0 Å². The van der Waals surface area contributed by atoms with E-state index in [4.69, 9.17) is 4.74 Å². The SMILES string of the molecule is CNCCNC(=O)CCCCOc1ccc(Br)cc1.Cl. The second kappa shape index (κ2) is 12.0. The Morgan fingerprint density at radius 3 is 2.55 bits per heavy atom. The molecule has 6 heteroatoms. The highest BCUT2D eigenvalue weighted by atomic mass is 79.9. The van der Waals surface area contributed by atoms with Crippen LogP contribution < -0.4 is 15.4 Å². The van der Waals surface area contributed by atoms with E-state index in [0.717, 1.165) is 29.6 Å². The average molecular weight is 366 g/mol. The fourth-order valence-corrected chi connectivity index (χ4v) is 1.79. The van der Waals surface area contributed by atoms with Gasteiger partial charge in [-0.1, -0.05) is 15.9 Å². The van der Waals surface area contributed by atoms with Gasteiger partial charge in [0.1, 0.15) is 5.75 Å². The van der Waals surface area contributed by atoms with Crippen LogP contribution in [0.1, 0.15) is 19.3 Å². The fourth-order valence-electron chi connectivity index (χ4n) is 1.52. The number of amides is 1. The van der Waals surface area contributed by atoms with E-state index in [1.165, 1.54) is 0 Å². The van der Waals surface area contributed by atoms with E-state index in [2.05, 4.69) is 26.6 Å². The van der Waals surface area contributed by atoms with Crippen molar-refractivity contribution in [2.24, 2.45) is 0 Å². The van der Waals surface area contributed by atoms with Crippen molar-refractivity contribution in [2.45, 2.75) is 19.3 Å². The van der Waals surface area contributed by atoms with Crippen molar-refractivity contribution in [3.63, 3.8) is 0 Å². The molecule has 0 saturated carbocycles. The number of hydrogen-bond acceptors (Lipinski definition) is 3.